The molecule has 0 aliphatic heterocycles. The maximum atomic E-state index is 15.2. The van der Waals surface area contributed by atoms with Gasteiger partial charge in [-0.05, 0) is 24.3 Å². The lowest BCUT2D eigenvalue weighted by atomic mass is 9.92. The maximum absolute atomic E-state index is 15.2. The molecule has 6 heteroatoms. The number of benzene rings is 3. The Kier molecular flexibility index (Phi) is 5.27. The van der Waals surface area contributed by atoms with Crippen molar-refractivity contribution in [2.24, 2.45) is 0 Å². The molecule has 4 radical (unpaired) electrons. The summed E-state index contributed by atoms with van der Waals surface area (Å²) >= 11 is 0. The smallest absolute Gasteiger partial charge is 0.135 e. The Bertz CT molecular complexity index is 1120. The first-order valence-electron chi connectivity index (χ1n) is 9.52. The molecular formula is C23H21B2FN2O. The molecule has 1 aromatic heterocycles. The number of fused-ring (bicyclic) bond motifs is 3. The second kappa shape index (κ2) is 7.86. The summed E-state index contributed by atoms with van der Waals surface area (Å²) in [5.41, 5.74) is 4.16. The first-order chi connectivity index (χ1) is 14.0. The summed E-state index contributed by atoms with van der Waals surface area (Å²) < 4.78 is 22.4. The summed E-state index contributed by atoms with van der Waals surface area (Å²) in [6.45, 7) is 0.500. The summed E-state index contributed by atoms with van der Waals surface area (Å²) in [7, 11) is 15.5. The van der Waals surface area contributed by atoms with Crippen molar-refractivity contribution in [1.82, 2.24) is 4.57 Å². The van der Waals surface area contributed by atoms with E-state index in [0.717, 1.165) is 33.2 Å². The first kappa shape index (κ1) is 19.4. The number of halogens is 1. The van der Waals surface area contributed by atoms with Crippen LogP contribution in [0.3, 0.4) is 0 Å². The largest absolute Gasteiger partial charge is 0.497 e. The number of nitrogens with zero attached hydrogens (tertiary/aromatic N) is 2. The summed E-state index contributed by atoms with van der Waals surface area (Å²) in [5.74, 6) is 0.752. The van der Waals surface area contributed by atoms with Crippen molar-refractivity contribution < 1.29 is 9.13 Å². The Labute approximate surface area is 172 Å². The van der Waals surface area contributed by atoms with E-state index in [9.17, 15) is 0 Å². The number of ether oxygens (including phenoxy) is 1. The minimum Gasteiger partial charge on any atom is -0.497 e. The molecule has 3 nitrogen and oxygen atoms in total. The van der Waals surface area contributed by atoms with E-state index in [4.69, 9.17) is 20.4 Å². The fraction of sp³-hybridized carbons (Fsp3) is 0.217. The Hall–Kier alpha value is -2.88. The Morgan fingerprint density at radius 3 is 2.17 bits per heavy atom. The van der Waals surface area contributed by atoms with E-state index in [1.54, 1.807) is 7.11 Å². The molecule has 4 rings (SSSR count). The van der Waals surface area contributed by atoms with Crippen LogP contribution in [0, 0.1) is 0 Å². The SMILES string of the molecule is [B]c1ccc2c(c1)c1cc([B])ccc1n2CC(F)CN(C)c1cccc(OC)c1. The summed E-state index contributed by atoms with van der Waals surface area (Å²) in [4.78, 5) is 1.90. The normalized spacial score (nSPS) is 12.4. The fourth-order valence-corrected chi connectivity index (χ4v) is 3.84. The van der Waals surface area contributed by atoms with Gasteiger partial charge in [0.15, 0.2) is 0 Å². The molecule has 4 aromatic rings. The molecule has 0 aliphatic carbocycles. The lowest BCUT2D eigenvalue weighted by Gasteiger charge is -2.23. The van der Waals surface area contributed by atoms with Crippen LogP contribution in [0.15, 0.2) is 60.7 Å². The number of aromatic nitrogens is 1. The molecule has 142 valence electrons. The van der Waals surface area contributed by atoms with Gasteiger partial charge in [-0.15, -0.1) is 0 Å². The van der Waals surface area contributed by atoms with Gasteiger partial charge in [0, 0.05) is 40.6 Å². The van der Waals surface area contributed by atoms with Crippen LogP contribution < -0.4 is 20.6 Å². The quantitative estimate of drug-likeness (QED) is 0.478. The van der Waals surface area contributed by atoms with Crippen molar-refractivity contribution in [3.63, 3.8) is 0 Å². The van der Waals surface area contributed by atoms with E-state index in [-0.39, 0.29) is 13.1 Å². The van der Waals surface area contributed by atoms with E-state index in [1.165, 1.54) is 0 Å². The van der Waals surface area contributed by atoms with E-state index >= 15 is 4.39 Å². The molecule has 0 saturated carbocycles. The monoisotopic (exact) mass is 382 g/mol. The van der Waals surface area contributed by atoms with Crippen molar-refractivity contribution in [3.8, 4) is 5.75 Å². The van der Waals surface area contributed by atoms with Gasteiger partial charge in [-0.1, -0.05) is 41.3 Å². The highest BCUT2D eigenvalue weighted by atomic mass is 19.1. The van der Waals surface area contributed by atoms with Gasteiger partial charge in [0.1, 0.15) is 27.6 Å². The van der Waals surface area contributed by atoms with Crippen molar-refractivity contribution in [3.05, 3.63) is 60.7 Å². The summed E-state index contributed by atoms with van der Waals surface area (Å²) in [6.07, 6.45) is -1.07. The lowest BCUT2D eigenvalue weighted by molar-refractivity contribution is 0.306. The van der Waals surface area contributed by atoms with Crippen molar-refractivity contribution in [2.75, 3.05) is 25.6 Å². The predicted octanol–water partition coefficient (Wildman–Crippen LogP) is 2.87. The van der Waals surface area contributed by atoms with Crippen LogP contribution >= 0.6 is 0 Å². The number of alkyl halides is 1. The molecule has 0 amide bonds. The zero-order chi connectivity index (χ0) is 20.5. The molecule has 0 N–H and O–H groups in total. The molecule has 29 heavy (non-hydrogen) atoms. The van der Waals surface area contributed by atoms with Crippen LogP contribution in [0.25, 0.3) is 21.8 Å². The zero-order valence-corrected chi connectivity index (χ0v) is 16.6. The molecule has 0 aliphatic rings. The van der Waals surface area contributed by atoms with E-state index in [1.807, 2.05) is 77.2 Å². The molecule has 1 unspecified atom stereocenters. The highest BCUT2D eigenvalue weighted by molar-refractivity contribution is 6.35. The average molecular weight is 382 g/mol. The van der Waals surface area contributed by atoms with Gasteiger partial charge in [0.05, 0.1) is 20.2 Å². The molecule has 0 spiro atoms. The first-order valence-corrected chi connectivity index (χ1v) is 9.52. The lowest BCUT2D eigenvalue weighted by Crippen LogP contribution is -2.29. The fourth-order valence-electron chi connectivity index (χ4n) is 3.84. The van der Waals surface area contributed by atoms with Gasteiger partial charge >= 0.3 is 0 Å². The second-order valence-corrected chi connectivity index (χ2v) is 7.34. The molecule has 3 aromatic carbocycles. The van der Waals surface area contributed by atoms with Crippen LogP contribution in [0.2, 0.25) is 0 Å². The topological polar surface area (TPSA) is 17.4 Å². The van der Waals surface area contributed by atoms with Crippen LogP contribution in [-0.2, 0) is 6.54 Å². The highest BCUT2D eigenvalue weighted by Crippen LogP contribution is 2.28. The van der Waals surface area contributed by atoms with Gasteiger partial charge in [-0.3, -0.25) is 0 Å². The standard InChI is InChI=1S/C23H21B2FN2O/c1-27(18-4-3-5-19(12-18)29-2)13-17(26)14-28-22-8-6-15(24)10-20(22)21-11-16(25)7-9-23(21)28/h3-12,17H,13-14H2,1-2H3. The van der Waals surface area contributed by atoms with Crippen LogP contribution in [-0.4, -0.2) is 47.1 Å². The number of hydrogen-bond donors (Lipinski definition) is 0. The molecule has 0 bridgehead atoms. The van der Waals surface area contributed by atoms with Crippen LogP contribution in [0.4, 0.5) is 10.1 Å². The van der Waals surface area contributed by atoms with Gasteiger partial charge in [0.2, 0.25) is 0 Å². The predicted molar refractivity (Wildman–Crippen MR) is 121 cm³/mol. The van der Waals surface area contributed by atoms with Gasteiger partial charge in [-0.25, -0.2) is 4.39 Å². The van der Waals surface area contributed by atoms with Crippen molar-refractivity contribution in [2.45, 2.75) is 12.7 Å². The minimum atomic E-state index is -1.07. The Morgan fingerprint density at radius 2 is 1.59 bits per heavy atom. The minimum absolute atomic E-state index is 0.238. The summed E-state index contributed by atoms with van der Waals surface area (Å²) in [5, 5.41) is 1.97. The van der Waals surface area contributed by atoms with E-state index in [0.29, 0.717) is 10.9 Å². The number of anilines is 1. The number of hydrogen-bond acceptors (Lipinski definition) is 2. The van der Waals surface area contributed by atoms with E-state index < -0.39 is 6.17 Å². The van der Waals surface area contributed by atoms with Crippen molar-refractivity contribution >= 4 is 54.1 Å². The number of methoxy groups -OCH3 is 1. The summed E-state index contributed by atoms with van der Waals surface area (Å²) in [6, 6.07) is 19.0. The van der Waals surface area contributed by atoms with Gasteiger partial charge in [-0.2, -0.15) is 0 Å². The third-order valence-electron chi connectivity index (χ3n) is 5.26. The second-order valence-electron chi connectivity index (χ2n) is 7.34. The third kappa shape index (κ3) is 3.84. The van der Waals surface area contributed by atoms with Crippen LogP contribution in [0.1, 0.15) is 0 Å². The molecule has 1 heterocycles. The Balaban J connectivity index is 1.64. The van der Waals surface area contributed by atoms with E-state index in [2.05, 4.69) is 0 Å². The van der Waals surface area contributed by atoms with Crippen molar-refractivity contribution in [1.29, 1.82) is 0 Å². The average Bonchev–Trinajstić information content (AvgIpc) is 3.00. The maximum Gasteiger partial charge on any atom is 0.135 e. The van der Waals surface area contributed by atoms with Gasteiger partial charge < -0.3 is 14.2 Å². The zero-order valence-electron chi connectivity index (χ0n) is 16.6. The molecular weight excluding hydrogens is 361 g/mol. The third-order valence-corrected chi connectivity index (χ3v) is 5.26. The number of rotatable bonds is 6. The highest BCUT2D eigenvalue weighted by Gasteiger charge is 2.17. The molecule has 0 fully saturated rings. The molecule has 1 atom stereocenters. The molecule has 0 saturated heterocycles. The van der Waals surface area contributed by atoms with Gasteiger partial charge in [0.25, 0.3) is 0 Å². The Morgan fingerprint density at radius 1 is 0.966 bits per heavy atom. The van der Waals surface area contributed by atoms with Crippen LogP contribution in [0.5, 0.6) is 5.75 Å².